The Labute approximate surface area is 177 Å². The summed E-state index contributed by atoms with van der Waals surface area (Å²) in [5.74, 6) is 1.08. The zero-order chi connectivity index (χ0) is 21.3. The van der Waals surface area contributed by atoms with Crippen molar-refractivity contribution in [2.24, 2.45) is 0 Å². The maximum Gasteiger partial charge on any atom is 0.248 e. The first-order valence-corrected chi connectivity index (χ1v) is 9.66. The van der Waals surface area contributed by atoms with Gasteiger partial charge in [0.1, 0.15) is 6.61 Å². The van der Waals surface area contributed by atoms with Crippen molar-refractivity contribution in [2.75, 3.05) is 31.4 Å². The van der Waals surface area contributed by atoms with Crippen LogP contribution in [0.25, 0.3) is 6.08 Å². The molecule has 0 aliphatic rings. The summed E-state index contributed by atoms with van der Waals surface area (Å²) in [6.07, 6.45) is 3.24. The smallest absolute Gasteiger partial charge is 0.248 e. The van der Waals surface area contributed by atoms with E-state index in [1.165, 1.54) is 6.08 Å². The van der Waals surface area contributed by atoms with Gasteiger partial charge in [-0.2, -0.15) is 0 Å². The van der Waals surface area contributed by atoms with Gasteiger partial charge in [0.05, 0.1) is 7.11 Å². The third kappa shape index (κ3) is 5.88. The molecule has 0 bridgehead atoms. The molecule has 0 aliphatic heterocycles. The van der Waals surface area contributed by atoms with Crippen LogP contribution in [0, 0.1) is 0 Å². The summed E-state index contributed by atoms with van der Waals surface area (Å²) in [6.45, 7) is 0.460. The van der Waals surface area contributed by atoms with Crippen LogP contribution in [0.15, 0.2) is 78.9 Å². The van der Waals surface area contributed by atoms with Crippen molar-refractivity contribution in [3.63, 3.8) is 0 Å². The fourth-order valence-electron chi connectivity index (χ4n) is 2.84. The van der Waals surface area contributed by atoms with Crippen molar-refractivity contribution >= 4 is 23.4 Å². The van der Waals surface area contributed by atoms with Gasteiger partial charge in [-0.1, -0.05) is 36.4 Å². The Kier molecular flexibility index (Phi) is 7.11. The quantitative estimate of drug-likeness (QED) is 0.539. The SMILES string of the molecule is COc1cc(/C=C/C(=O)Nc2ccc(N(C)C)cc2)ccc1OCc1ccccc1. The van der Waals surface area contributed by atoms with Crippen LogP contribution in [0.3, 0.4) is 0 Å². The van der Waals surface area contributed by atoms with Gasteiger partial charge in [0.25, 0.3) is 0 Å². The summed E-state index contributed by atoms with van der Waals surface area (Å²) in [5.41, 5.74) is 3.75. The van der Waals surface area contributed by atoms with Crippen LogP contribution in [0.4, 0.5) is 11.4 Å². The van der Waals surface area contributed by atoms with Crippen LogP contribution in [0.2, 0.25) is 0 Å². The van der Waals surface area contributed by atoms with Crippen LogP contribution in [-0.4, -0.2) is 27.1 Å². The van der Waals surface area contributed by atoms with E-state index in [9.17, 15) is 4.79 Å². The Hall–Kier alpha value is -3.73. The molecule has 0 atom stereocenters. The molecule has 3 rings (SSSR count). The van der Waals surface area contributed by atoms with Gasteiger partial charge in [-0.15, -0.1) is 0 Å². The van der Waals surface area contributed by atoms with Crippen molar-refractivity contribution in [3.05, 3.63) is 90.0 Å². The van der Waals surface area contributed by atoms with Gasteiger partial charge in [-0.3, -0.25) is 4.79 Å². The van der Waals surface area contributed by atoms with Crippen LogP contribution in [0.1, 0.15) is 11.1 Å². The van der Waals surface area contributed by atoms with Crippen molar-refractivity contribution in [3.8, 4) is 11.5 Å². The maximum absolute atomic E-state index is 12.2. The van der Waals surface area contributed by atoms with E-state index < -0.39 is 0 Å². The largest absolute Gasteiger partial charge is 0.493 e. The molecule has 0 aliphatic carbocycles. The van der Waals surface area contributed by atoms with E-state index in [1.54, 1.807) is 13.2 Å². The monoisotopic (exact) mass is 402 g/mol. The molecule has 3 aromatic carbocycles. The fraction of sp³-hybridized carbons (Fsp3) is 0.160. The van der Waals surface area contributed by atoms with Gasteiger partial charge in [0.2, 0.25) is 5.91 Å². The highest BCUT2D eigenvalue weighted by Crippen LogP contribution is 2.29. The van der Waals surface area contributed by atoms with Crippen LogP contribution >= 0.6 is 0 Å². The number of hydrogen-bond donors (Lipinski definition) is 1. The van der Waals surface area contributed by atoms with E-state index in [2.05, 4.69) is 5.32 Å². The van der Waals surface area contributed by atoms with Crippen molar-refractivity contribution in [1.82, 2.24) is 0 Å². The number of nitrogens with one attached hydrogen (secondary N) is 1. The van der Waals surface area contributed by atoms with E-state index >= 15 is 0 Å². The minimum atomic E-state index is -0.198. The van der Waals surface area contributed by atoms with Gasteiger partial charge in [0.15, 0.2) is 11.5 Å². The second-order valence-corrected chi connectivity index (χ2v) is 6.95. The van der Waals surface area contributed by atoms with Crippen LogP contribution in [0.5, 0.6) is 11.5 Å². The number of carbonyl (C=O) groups excluding carboxylic acids is 1. The Morgan fingerprint density at radius 1 is 0.967 bits per heavy atom. The number of carbonyl (C=O) groups is 1. The van der Waals surface area contributed by atoms with Crippen LogP contribution in [-0.2, 0) is 11.4 Å². The first-order chi connectivity index (χ1) is 14.5. The molecule has 0 heterocycles. The fourth-order valence-corrected chi connectivity index (χ4v) is 2.84. The Morgan fingerprint density at radius 3 is 2.37 bits per heavy atom. The van der Waals surface area contributed by atoms with E-state index in [0.717, 1.165) is 22.5 Å². The summed E-state index contributed by atoms with van der Waals surface area (Å²) in [7, 11) is 5.55. The lowest BCUT2D eigenvalue weighted by Crippen LogP contribution is -2.10. The lowest BCUT2D eigenvalue weighted by Gasteiger charge is -2.12. The van der Waals surface area contributed by atoms with Crippen molar-refractivity contribution < 1.29 is 14.3 Å². The number of amides is 1. The summed E-state index contributed by atoms with van der Waals surface area (Å²) in [5, 5.41) is 2.86. The number of ether oxygens (including phenoxy) is 2. The average molecular weight is 402 g/mol. The van der Waals surface area contributed by atoms with E-state index in [-0.39, 0.29) is 5.91 Å². The normalized spacial score (nSPS) is 10.6. The molecule has 0 radical (unpaired) electrons. The van der Waals surface area contributed by atoms with E-state index in [0.29, 0.717) is 18.1 Å². The zero-order valence-corrected chi connectivity index (χ0v) is 17.5. The second kappa shape index (κ2) is 10.2. The predicted octanol–water partition coefficient (Wildman–Crippen LogP) is 4.99. The molecule has 0 aromatic heterocycles. The number of hydrogen-bond acceptors (Lipinski definition) is 4. The molecule has 0 unspecified atom stereocenters. The number of anilines is 2. The van der Waals surface area contributed by atoms with E-state index in [1.807, 2.05) is 91.8 Å². The third-order valence-electron chi connectivity index (χ3n) is 4.50. The number of benzene rings is 3. The molecule has 0 spiro atoms. The zero-order valence-electron chi connectivity index (χ0n) is 17.5. The maximum atomic E-state index is 12.2. The molecule has 0 saturated heterocycles. The highest BCUT2D eigenvalue weighted by atomic mass is 16.5. The average Bonchev–Trinajstić information content (AvgIpc) is 2.77. The molecular formula is C25H26N2O3. The molecule has 1 N–H and O–H groups in total. The van der Waals surface area contributed by atoms with Gasteiger partial charge in [-0.25, -0.2) is 0 Å². The lowest BCUT2D eigenvalue weighted by atomic mass is 10.2. The van der Waals surface area contributed by atoms with Crippen molar-refractivity contribution in [1.29, 1.82) is 0 Å². The molecule has 0 fully saturated rings. The minimum Gasteiger partial charge on any atom is -0.493 e. The Bertz CT molecular complexity index is 997. The third-order valence-corrected chi connectivity index (χ3v) is 4.50. The lowest BCUT2D eigenvalue weighted by molar-refractivity contribution is -0.111. The van der Waals surface area contributed by atoms with Gasteiger partial charge >= 0.3 is 0 Å². The molecule has 0 saturated carbocycles. The van der Waals surface area contributed by atoms with E-state index in [4.69, 9.17) is 9.47 Å². The van der Waals surface area contributed by atoms with Gasteiger partial charge in [-0.05, 0) is 53.6 Å². The Morgan fingerprint density at radius 2 is 1.70 bits per heavy atom. The predicted molar refractivity (Wildman–Crippen MR) is 122 cm³/mol. The molecular weight excluding hydrogens is 376 g/mol. The molecule has 1 amide bonds. The first-order valence-electron chi connectivity index (χ1n) is 9.66. The molecule has 5 nitrogen and oxygen atoms in total. The summed E-state index contributed by atoms with van der Waals surface area (Å²) < 4.78 is 11.3. The van der Waals surface area contributed by atoms with Gasteiger partial charge < -0.3 is 19.7 Å². The summed E-state index contributed by atoms with van der Waals surface area (Å²) in [6, 6.07) is 23.2. The summed E-state index contributed by atoms with van der Waals surface area (Å²) >= 11 is 0. The molecule has 5 heteroatoms. The van der Waals surface area contributed by atoms with Crippen molar-refractivity contribution in [2.45, 2.75) is 6.61 Å². The second-order valence-electron chi connectivity index (χ2n) is 6.95. The molecule has 30 heavy (non-hydrogen) atoms. The number of rotatable bonds is 8. The first kappa shape index (κ1) is 21.0. The Balaban J connectivity index is 1.61. The number of methoxy groups -OCH3 is 1. The van der Waals surface area contributed by atoms with Gasteiger partial charge in [0, 0.05) is 31.5 Å². The molecule has 3 aromatic rings. The number of nitrogens with zero attached hydrogens (tertiary/aromatic N) is 1. The van der Waals surface area contributed by atoms with Crippen LogP contribution < -0.4 is 19.7 Å². The topological polar surface area (TPSA) is 50.8 Å². The highest BCUT2D eigenvalue weighted by molar-refractivity contribution is 6.02. The highest BCUT2D eigenvalue weighted by Gasteiger charge is 2.06. The molecule has 154 valence electrons. The summed E-state index contributed by atoms with van der Waals surface area (Å²) in [4.78, 5) is 14.2. The standard InChI is InChI=1S/C25H26N2O3/c1-27(2)22-13-11-21(12-14-22)26-25(28)16-10-19-9-15-23(24(17-19)29-3)30-18-20-7-5-4-6-8-20/h4-17H,18H2,1-3H3,(H,26,28)/b16-10+. The minimum absolute atomic E-state index is 0.198.